The minimum atomic E-state index is -3.73. The van der Waals surface area contributed by atoms with E-state index >= 15 is 0 Å². The van der Waals surface area contributed by atoms with Gasteiger partial charge >= 0.3 is 0 Å². The van der Waals surface area contributed by atoms with Crippen molar-refractivity contribution < 1.29 is 12.9 Å². The fourth-order valence-corrected chi connectivity index (χ4v) is 4.99. The standard InChI is InChI=1S/C17H15BrN2O3S2/c1-12-15(18)16(23-19-12)20-25(21,22)17-14(10-11-24-17)9-5-8-13-6-3-2-4-7-13/h2-8,10-11,20H,9H2,1H3/b8-5+. The van der Waals surface area contributed by atoms with Crippen molar-refractivity contribution >= 4 is 49.3 Å². The van der Waals surface area contributed by atoms with Gasteiger partial charge in [-0.25, -0.2) is 13.1 Å². The Morgan fingerprint density at radius 3 is 2.72 bits per heavy atom. The SMILES string of the molecule is Cc1noc(NS(=O)(=O)c2sccc2C/C=C/c2ccccc2)c1Br. The maximum atomic E-state index is 12.6. The highest BCUT2D eigenvalue weighted by atomic mass is 79.9. The van der Waals surface area contributed by atoms with Crippen LogP contribution in [0, 0.1) is 6.92 Å². The fraction of sp³-hybridized carbons (Fsp3) is 0.118. The molecule has 0 atom stereocenters. The van der Waals surface area contributed by atoms with Crippen molar-refractivity contribution in [1.82, 2.24) is 5.16 Å². The van der Waals surface area contributed by atoms with Crippen LogP contribution in [0.1, 0.15) is 16.8 Å². The van der Waals surface area contributed by atoms with Crippen LogP contribution in [0.5, 0.6) is 0 Å². The van der Waals surface area contributed by atoms with Gasteiger partial charge in [0.25, 0.3) is 15.9 Å². The molecule has 0 fully saturated rings. The summed E-state index contributed by atoms with van der Waals surface area (Å²) in [7, 11) is -3.73. The van der Waals surface area contributed by atoms with E-state index in [1.54, 1.807) is 12.3 Å². The second kappa shape index (κ2) is 7.55. The summed E-state index contributed by atoms with van der Waals surface area (Å²) in [6, 6.07) is 11.7. The molecule has 8 heteroatoms. The number of allylic oxidation sites excluding steroid dienone is 1. The number of nitrogens with zero attached hydrogens (tertiary/aromatic N) is 1. The molecule has 0 amide bonds. The van der Waals surface area contributed by atoms with Gasteiger partial charge in [0, 0.05) is 0 Å². The van der Waals surface area contributed by atoms with Gasteiger partial charge < -0.3 is 4.52 Å². The Balaban J connectivity index is 1.78. The summed E-state index contributed by atoms with van der Waals surface area (Å²) >= 11 is 4.43. The third kappa shape index (κ3) is 4.20. The van der Waals surface area contributed by atoms with Gasteiger partial charge in [-0.05, 0) is 51.8 Å². The van der Waals surface area contributed by atoms with E-state index in [9.17, 15) is 8.42 Å². The molecule has 2 aromatic heterocycles. The predicted molar refractivity (Wildman–Crippen MR) is 103 cm³/mol. The summed E-state index contributed by atoms with van der Waals surface area (Å²) in [5, 5.41) is 5.50. The highest BCUT2D eigenvalue weighted by molar-refractivity contribution is 9.10. The van der Waals surface area contributed by atoms with Crippen LogP contribution in [0.15, 0.2) is 61.1 Å². The van der Waals surface area contributed by atoms with Crippen molar-refractivity contribution in [3.8, 4) is 0 Å². The maximum absolute atomic E-state index is 12.6. The fourth-order valence-electron chi connectivity index (χ4n) is 2.19. The number of anilines is 1. The summed E-state index contributed by atoms with van der Waals surface area (Å²) in [6.45, 7) is 1.72. The van der Waals surface area contributed by atoms with Gasteiger partial charge in [-0.15, -0.1) is 11.3 Å². The number of benzene rings is 1. The Bertz CT molecular complexity index is 992. The van der Waals surface area contributed by atoms with Gasteiger partial charge in [0.2, 0.25) is 0 Å². The molecule has 0 aliphatic carbocycles. The van der Waals surface area contributed by atoms with Gasteiger partial charge in [0.15, 0.2) is 0 Å². The smallest absolute Gasteiger partial charge is 0.274 e. The van der Waals surface area contributed by atoms with Crippen LogP contribution < -0.4 is 4.72 Å². The Hall–Kier alpha value is -1.90. The molecular weight excluding hydrogens is 424 g/mol. The first-order valence-corrected chi connectivity index (χ1v) is 10.6. The van der Waals surface area contributed by atoms with E-state index in [0.717, 1.165) is 11.1 Å². The lowest BCUT2D eigenvalue weighted by molar-refractivity contribution is 0.430. The van der Waals surface area contributed by atoms with E-state index in [4.69, 9.17) is 4.52 Å². The number of thiophene rings is 1. The van der Waals surface area contributed by atoms with Gasteiger partial charge in [-0.3, -0.25) is 0 Å². The Kier molecular flexibility index (Phi) is 5.41. The predicted octanol–water partition coefficient (Wildman–Crippen LogP) is 4.86. The lowest BCUT2D eigenvalue weighted by Crippen LogP contribution is -2.13. The summed E-state index contributed by atoms with van der Waals surface area (Å²) in [4.78, 5) is 0. The second-order valence-corrected chi connectivity index (χ2v) is 8.85. The highest BCUT2D eigenvalue weighted by Gasteiger charge is 2.23. The number of halogens is 1. The molecule has 1 N–H and O–H groups in total. The quantitative estimate of drug-likeness (QED) is 0.595. The van der Waals surface area contributed by atoms with Crippen molar-refractivity contribution in [2.24, 2.45) is 0 Å². The molecule has 0 saturated carbocycles. The van der Waals surface area contributed by atoms with Crippen LogP contribution in [0.2, 0.25) is 0 Å². The topological polar surface area (TPSA) is 72.2 Å². The molecule has 0 bridgehead atoms. The molecule has 0 unspecified atom stereocenters. The minimum absolute atomic E-state index is 0.0803. The maximum Gasteiger partial charge on any atom is 0.274 e. The zero-order chi connectivity index (χ0) is 17.9. The summed E-state index contributed by atoms with van der Waals surface area (Å²) in [5.74, 6) is 0.0803. The van der Waals surface area contributed by atoms with Gasteiger partial charge in [-0.1, -0.05) is 47.6 Å². The molecule has 5 nitrogen and oxygen atoms in total. The van der Waals surface area contributed by atoms with E-state index in [0.29, 0.717) is 16.6 Å². The third-order valence-corrected chi connectivity index (χ3v) is 7.25. The average molecular weight is 439 g/mol. The lowest BCUT2D eigenvalue weighted by Gasteiger charge is -2.05. The van der Waals surface area contributed by atoms with Gasteiger partial charge in [0.1, 0.15) is 8.68 Å². The molecule has 0 radical (unpaired) electrons. The van der Waals surface area contributed by atoms with Crippen molar-refractivity contribution in [1.29, 1.82) is 0 Å². The Morgan fingerprint density at radius 1 is 1.28 bits per heavy atom. The Labute approximate surface area is 158 Å². The molecule has 130 valence electrons. The molecular formula is C17H15BrN2O3S2. The van der Waals surface area contributed by atoms with Crippen LogP contribution in [0.3, 0.4) is 0 Å². The molecule has 0 aliphatic rings. The molecule has 0 saturated heterocycles. The van der Waals surface area contributed by atoms with Gasteiger partial charge in [-0.2, -0.15) is 0 Å². The van der Waals surface area contributed by atoms with E-state index in [1.807, 2.05) is 48.6 Å². The molecule has 1 aromatic carbocycles. The summed E-state index contributed by atoms with van der Waals surface area (Å²) in [5.41, 5.74) is 2.38. The number of hydrogen-bond donors (Lipinski definition) is 1. The lowest BCUT2D eigenvalue weighted by atomic mass is 10.1. The number of aryl methyl sites for hydroxylation is 1. The highest BCUT2D eigenvalue weighted by Crippen LogP contribution is 2.30. The molecule has 3 rings (SSSR count). The van der Waals surface area contributed by atoms with E-state index in [1.165, 1.54) is 11.3 Å². The summed E-state index contributed by atoms with van der Waals surface area (Å²) in [6.07, 6.45) is 4.44. The zero-order valence-corrected chi connectivity index (χ0v) is 16.5. The molecule has 2 heterocycles. The average Bonchev–Trinajstić information content (AvgIpc) is 3.18. The number of hydrogen-bond acceptors (Lipinski definition) is 5. The largest absolute Gasteiger partial charge is 0.336 e. The Morgan fingerprint density at radius 2 is 2.04 bits per heavy atom. The number of sulfonamides is 1. The van der Waals surface area contributed by atoms with Crippen LogP contribution >= 0.6 is 27.3 Å². The first-order chi connectivity index (χ1) is 12.0. The third-order valence-electron chi connectivity index (χ3n) is 3.42. The number of rotatable bonds is 6. The number of nitrogens with one attached hydrogen (secondary N) is 1. The molecule has 3 aromatic rings. The first-order valence-electron chi connectivity index (χ1n) is 7.40. The monoisotopic (exact) mass is 438 g/mol. The first kappa shape index (κ1) is 17.9. The van der Waals surface area contributed by atoms with E-state index in [2.05, 4.69) is 25.8 Å². The zero-order valence-electron chi connectivity index (χ0n) is 13.3. The van der Waals surface area contributed by atoms with Crippen LogP contribution in [-0.2, 0) is 16.4 Å². The normalized spacial score (nSPS) is 11.9. The van der Waals surface area contributed by atoms with Gasteiger partial charge in [0.05, 0.1) is 5.69 Å². The van der Waals surface area contributed by atoms with Crippen LogP contribution in [0.4, 0.5) is 5.88 Å². The van der Waals surface area contributed by atoms with Crippen molar-refractivity contribution in [3.05, 3.63) is 69.1 Å². The molecule has 25 heavy (non-hydrogen) atoms. The van der Waals surface area contributed by atoms with Crippen LogP contribution in [0.25, 0.3) is 6.08 Å². The molecule has 0 spiro atoms. The van der Waals surface area contributed by atoms with Crippen molar-refractivity contribution in [2.75, 3.05) is 4.72 Å². The van der Waals surface area contributed by atoms with E-state index in [-0.39, 0.29) is 10.1 Å². The summed E-state index contributed by atoms with van der Waals surface area (Å²) < 4.78 is 33.5. The van der Waals surface area contributed by atoms with Crippen molar-refractivity contribution in [2.45, 2.75) is 17.6 Å². The van der Waals surface area contributed by atoms with E-state index < -0.39 is 10.0 Å². The minimum Gasteiger partial charge on any atom is -0.336 e. The van der Waals surface area contributed by atoms with Crippen LogP contribution in [-0.4, -0.2) is 13.6 Å². The molecule has 0 aliphatic heterocycles. The van der Waals surface area contributed by atoms with Crippen molar-refractivity contribution in [3.63, 3.8) is 0 Å². The second-order valence-electron chi connectivity index (χ2n) is 5.27. The number of aromatic nitrogens is 1.